The van der Waals surface area contributed by atoms with Crippen LogP contribution in [0.25, 0.3) is 0 Å². The van der Waals surface area contributed by atoms with Crippen molar-refractivity contribution in [3.8, 4) is 5.75 Å². The number of hydrogen-bond acceptors (Lipinski definition) is 4. The number of rotatable bonds is 7. The average Bonchev–Trinajstić information content (AvgIpc) is 2.75. The van der Waals surface area contributed by atoms with Crippen LogP contribution in [0.4, 0.5) is 5.69 Å². The molecule has 3 rings (SSSR count). The minimum atomic E-state index is -0.271. The smallest absolute Gasteiger partial charge is 0.259 e. The predicted molar refractivity (Wildman–Crippen MR) is 122 cm³/mol. The molecule has 0 unspecified atom stereocenters. The van der Waals surface area contributed by atoms with Gasteiger partial charge in [-0.15, -0.1) is 0 Å². The van der Waals surface area contributed by atoms with Gasteiger partial charge in [0.2, 0.25) is 0 Å². The third-order valence-corrected chi connectivity index (χ3v) is 5.59. The van der Waals surface area contributed by atoms with Crippen molar-refractivity contribution in [2.45, 2.75) is 19.8 Å². The number of ether oxygens (including phenoxy) is 1. The molecule has 1 fully saturated rings. The molecule has 1 N–H and O–H groups in total. The second-order valence-corrected chi connectivity index (χ2v) is 8.39. The van der Waals surface area contributed by atoms with Crippen molar-refractivity contribution in [3.05, 3.63) is 58.1 Å². The van der Waals surface area contributed by atoms with Crippen LogP contribution in [0.2, 0.25) is 0 Å². The van der Waals surface area contributed by atoms with E-state index in [1.165, 1.54) is 0 Å². The number of piperazine rings is 1. The number of anilines is 1. The largest absolute Gasteiger partial charge is 0.493 e. The summed E-state index contributed by atoms with van der Waals surface area (Å²) < 4.78 is 6.60. The van der Waals surface area contributed by atoms with Gasteiger partial charge >= 0.3 is 0 Å². The van der Waals surface area contributed by atoms with Crippen molar-refractivity contribution >= 4 is 33.4 Å². The molecular weight excluding hydrogens is 446 g/mol. The molecule has 1 heterocycles. The first kappa shape index (κ1) is 22.3. The molecule has 0 bridgehead atoms. The number of carbonyl (C=O) groups is 2. The molecule has 1 aliphatic heterocycles. The first-order chi connectivity index (χ1) is 14.5. The summed E-state index contributed by atoms with van der Waals surface area (Å²) in [6.45, 7) is 5.81. The van der Waals surface area contributed by atoms with Gasteiger partial charge in [0.15, 0.2) is 0 Å². The number of nitrogens with zero attached hydrogens (tertiary/aromatic N) is 2. The Balaban J connectivity index is 1.72. The molecule has 0 aliphatic carbocycles. The van der Waals surface area contributed by atoms with Crippen molar-refractivity contribution < 1.29 is 14.3 Å². The van der Waals surface area contributed by atoms with E-state index < -0.39 is 0 Å². The number of likely N-dealkylation sites (N-methyl/N-ethyl adjacent to an activating group) is 1. The van der Waals surface area contributed by atoms with E-state index in [9.17, 15) is 9.59 Å². The number of nitrogens with one attached hydrogen (secondary N) is 1. The van der Waals surface area contributed by atoms with Gasteiger partial charge in [-0.3, -0.25) is 9.59 Å². The van der Waals surface area contributed by atoms with Gasteiger partial charge in [-0.1, -0.05) is 35.3 Å². The van der Waals surface area contributed by atoms with Gasteiger partial charge in [-0.2, -0.15) is 0 Å². The van der Waals surface area contributed by atoms with Gasteiger partial charge in [-0.25, -0.2) is 0 Å². The lowest BCUT2D eigenvalue weighted by Gasteiger charge is -2.32. The fourth-order valence-corrected chi connectivity index (χ4v) is 3.61. The second-order valence-electron chi connectivity index (χ2n) is 7.47. The van der Waals surface area contributed by atoms with E-state index in [0.29, 0.717) is 42.3 Å². The SMILES string of the molecule is CCCCOc1ccc(Br)cc1C(=O)Nc1cccc(C(=O)N2CCN(C)CC2)c1. The predicted octanol–water partition coefficient (Wildman–Crippen LogP) is 4.27. The maximum Gasteiger partial charge on any atom is 0.259 e. The second kappa shape index (κ2) is 10.6. The van der Waals surface area contributed by atoms with Gasteiger partial charge < -0.3 is 19.9 Å². The van der Waals surface area contributed by atoms with Crippen molar-refractivity contribution in [1.29, 1.82) is 0 Å². The molecule has 0 spiro atoms. The van der Waals surface area contributed by atoms with Crippen LogP contribution in [-0.4, -0.2) is 61.4 Å². The lowest BCUT2D eigenvalue weighted by Crippen LogP contribution is -2.47. The van der Waals surface area contributed by atoms with Crippen LogP contribution in [-0.2, 0) is 0 Å². The van der Waals surface area contributed by atoms with E-state index in [1.807, 2.05) is 11.0 Å². The fraction of sp³-hybridized carbons (Fsp3) is 0.391. The number of benzene rings is 2. The highest BCUT2D eigenvalue weighted by molar-refractivity contribution is 9.10. The minimum absolute atomic E-state index is 0.00903. The zero-order chi connectivity index (χ0) is 21.5. The molecule has 2 amide bonds. The molecule has 0 atom stereocenters. The van der Waals surface area contributed by atoms with Gasteiger partial charge in [0.05, 0.1) is 12.2 Å². The van der Waals surface area contributed by atoms with Crippen LogP contribution in [0.1, 0.15) is 40.5 Å². The van der Waals surface area contributed by atoms with Crippen LogP contribution < -0.4 is 10.1 Å². The van der Waals surface area contributed by atoms with Gasteiger partial charge in [0.1, 0.15) is 5.75 Å². The molecule has 6 nitrogen and oxygen atoms in total. The van der Waals surface area contributed by atoms with Crippen molar-refractivity contribution in [1.82, 2.24) is 9.80 Å². The average molecular weight is 474 g/mol. The topological polar surface area (TPSA) is 61.9 Å². The molecule has 2 aromatic carbocycles. The number of carbonyl (C=O) groups excluding carboxylic acids is 2. The zero-order valence-electron chi connectivity index (χ0n) is 17.5. The Kier molecular flexibility index (Phi) is 7.87. The van der Waals surface area contributed by atoms with Crippen molar-refractivity contribution in [2.24, 2.45) is 0 Å². The molecular formula is C23H28BrN3O3. The first-order valence-corrected chi connectivity index (χ1v) is 11.1. The molecule has 0 saturated carbocycles. The number of amides is 2. The third kappa shape index (κ3) is 5.83. The number of hydrogen-bond donors (Lipinski definition) is 1. The van der Waals surface area contributed by atoms with Crippen LogP contribution in [0.15, 0.2) is 46.9 Å². The lowest BCUT2D eigenvalue weighted by molar-refractivity contribution is 0.0664. The highest BCUT2D eigenvalue weighted by Gasteiger charge is 2.21. The summed E-state index contributed by atoms with van der Waals surface area (Å²) in [5.41, 5.74) is 1.61. The third-order valence-electron chi connectivity index (χ3n) is 5.10. The molecule has 7 heteroatoms. The van der Waals surface area contributed by atoms with E-state index in [1.54, 1.807) is 36.4 Å². The molecule has 0 radical (unpaired) electrons. The summed E-state index contributed by atoms with van der Waals surface area (Å²) in [6, 6.07) is 12.5. The fourth-order valence-electron chi connectivity index (χ4n) is 3.25. The summed E-state index contributed by atoms with van der Waals surface area (Å²) in [4.78, 5) is 29.8. The summed E-state index contributed by atoms with van der Waals surface area (Å²) in [7, 11) is 2.06. The molecule has 1 aliphatic rings. The van der Waals surface area contributed by atoms with E-state index in [-0.39, 0.29) is 11.8 Å². The quantitative estimate of drug-likeness (QED) is 0.609. The van der Waals surface area contributed by atoms with Crippen LogP contribution in [0.3, 0.4) is 0 Å². The van der Waals surface area contributed by atoms with Crippen LogP contribution >= 0.6 is 15.9 Å². The van der Waals surface area contributed by atoms with Gasteiger partial charge in [0, 0.05) is 41.9 Å². The highest BCUT2D eigenvalue weighted by atomic mass is 79.9. The Bertz CT molecular complexity index is 895. The van der Waals surface area contributed by atoms with Crippen molar-refractivity contribution in [2.75, 3.05) is 45.2 Å². The molecule has 30 heavy (non-hydrogen) atoms. The standard InChI is InChI=1S/C23H28BrN3O3/c1-3-4-14-30-21-9-8-18(24)16-20(21)22(28)25-19-7-5-6-17(15-19)23(29)27-12-10-26(2)11-13-27/h5-9,15-16H,3-4,10-14H2,1-2H3,(H,25,28). The van der Waals surface area contributed by atoms with Gasteiger partial charge in [0.25, 0.3) is 11.8 Å². The van der Waals surface area contributed by atoms with E-state index >= 15 is 0 Å². The number of unbranched alkanes of at least 4 members (excludes halogenated alkanes) is 1. The maximum atomic E-state index is 12.9. The Morgan fingerprint density at radius 1 is 1.10 bits per heavy atom. The molecule has 160 valence electrons. The Labute approximate surface area is 186 Å². The van der Waals surface area contributed by atoms with Crippen molar-refractivity contribution in [3.63, 3.8) is 0 Å². The summed E-state index contributed by atoms with van der Waals surface area (Å²) in [5, 5.41) is 2.90. The van der Waals surface area contributed by atoms with Crippen LogP contribution in [0, 0.1) is 0 Å². The minimum Gasteiger partial charge on any atom is -0.493 e. The van der Waals surface area contributed by atoms with E-state index in [4.69, 9.17) is 4.74 Å². The number of halogens is 1. The van der Waals surface area contributed by atoms with E-state index in [0.717, 1.165) is 30.4 Å². The Morgan fingerprint density at radius 2 is 1.87 bits per heavy atom. The summed E-state index contributed by atoms with van der Waals surface area (Å²) in [6.07, 6.45) is 1.94. The van der Waals surface area contributed by atoms with Gasteiger partial charge in [-0.05, 0) is 49.9 Å². The Hall–Kier alpha value is -2.38. The zero-order valence-corrected chi connectivity index (χ0v) is 19.1. The van der Waals surface area contributed by atoms with Crippen LogP contribution in [0.5, 0.6) is 5.75 Å². The summed E-state index contributed by atoms with van der Waals surface area (Å²) >= 11 is 3.42. The Morgan fingerprint density at radius 3 is 2.60 bits per heavy atom. The summed E-state index contributed by atoms with van der Waals surface area (Å²) in [5.74, 6) is 0.269. The van der Waals surface area contributed by atoms with E-state index in [2.05, 4.69) is 40.1 Å². The maximum absolute atomic E-state index is 12.9. The highest BCUT2D eigenvalue weighted by Crippen LogP contribution is 2.25. The first-order valence-electron chi connectivity index (χ1n) is 10.3. The molecule has 1 saturated heterocycles. The monoisotopic (exact) mass is 473 g/mol. The normalized spacial score (nSPS) is 14.4. The molecule has 0 aromatic heterocycles. The molecule has 2 aromatic rings. The lowest BCUT2D eigenvalue weighted by atomic mass is 10.1.